The molecule has 0 aromatic heterocycles. The van der Waals surface area contributed by atoms with E-state index in [1.54, 1.807) is 0 Å². The van der Waals surface area contributed by atoms with E-state index in [2.05, 4.69) is 35.2 Å². The van der Waals surface area contributed by atoms with Crippen LogP contribution in [-0.2, 0) is 16.9 Å². The van der Waals surface area contributed by atoms with Crippen molar-refractivity contribution in [3.8, 4) is 0 Å². The lowest BCUT2D eigenvalue weighted by Gasteiger charge is -2.37. The molecule has 2 aromatic carbocycles. The maximum atomic E-state index is 13.6. The normalized spacial score (nSPS) is 27.6. The zero-order valence-electron chi connectivity index (χ0n) is 18.5. The van der Waals surface area contributed by atoms with Gasteiger partial charge in [0, 0.05) is 39.1 Å². The number of nitrogens with zero attached hydrogens (tertiary/aromatic N) is 2. The fourth-order valence-electron chi connectivity index (χ4n) is 6.24. The van der Waals surface area contributed by atoms with E-state index in [4.69, 9.17) is 0 Å². The van der Waals surface area contributed by atoms with Crippen LogP contribution in [-0.4, -0.2) is 47.5 Å². The highest BCUT2D eigenvalue weighted by molar-refractivity contribution is 5.86. The molecule has 0 radical (unpaired) electrons. The molecule has 1 amide bonds. The minimum Gasteiger partial charge on any atom is -0.375 e. The highest BCUT2D eigenvalue weighted by Crippen LogP contribution is 2.52. The Morgan fingerprint density at radius 1 is 1.00 bits per heavy atom. The minimum atomic E-state index is -1.39. The summed E-state index contributed by atoms with van der Waals surface area (Å²) in [5.74, 6) is 1.86. The summed E-state index contributed by atoms with van der Waals surface area (Å²) >= 11 is 0. The Kier molecular flexibility index (Phi) is 5.61. The first-order valence-electron chi connectivity index (χ1n) is 11.9. The number of likely N-dealkylation sites (N-methyl/N-ethyl adjacent to an activating group) is 1. The first-order valence-corrected chi connectivity index (χ1v) is 11.9. The molecule has 1 saturated heterocycles. The highest BCUT2D eigenvalue weighted by atomic mass is 16.3. The second-order valence-electron chi connectivity index (χ2n) is 9.97. The quantitative estimate of drug-likeness (QED) is 0.742. The molecule has 4 nitrogen and oxygen atoms in total. The van der Waals surface area contributed by atoms with Gasteiger partial charge < -0.3 is 10.0 Å². The topological polar surface area (TPSA) is 43.8 Å². The number of benzene rings is 2. The van der Waals surface area contributed by atoms with Gasteiger partial charge in [-0.15, -0.1) is 0 Å². The van der Waals surface area contributed by atoms with Gasteiger partial charge in [0.15, 0.2) is 5.60 Å². The van der Waals surface area contributed by atoms with Crippen molar-refractivity contribution in [1.82, 2.24) is 9.80 Å². The molecule has 1 aliphatic heterocycles. The molecule has 3 aliphatic rings. The Hall–Kier alpha value is -2.17. The summed E-state index contributed by atoms with van der Waals surface area (Å²) in [5.41, 5.74) is 0.733. The van der Waals surface area contributed by atoms with E-state index in [1.165, 1.54) is 5.56 Å². The molecule has 2 aromatic rings. The Morgan fingerprint density at radius 2 is 1.58 bits per heavy atom. The first kappa shape index (κ1) is 20.7. The van der Waals surface area contributed by atoms with Gasteiger partial charge in [-0.3, -0.25) is 9.69 Å². The fraction of sp³-hybridized carbons (Fsp3) is 0.519. The maximum Gasteiger partial charge on any atom is 0.259 e. The van der Waals surface area contributed by atoms with E-state index in [9.17, 15) is 9.90 Å². The summed E-state index contributed by atoms with van der Waals surface area (Å²) in [6.45, 7) is 4.02. The van der Waals surface area contributed by atoms with Gasteiger partial charge in [-0.05, 0) is 41.7 Å². The van der Waals surface area contributed by atoms with Crippen LogP contribution in [0.15, 0.2) is 60.7 Å². The monoisotopic (exact) mass is 418 g/mol. The van der Waals surface area contributed by atoms with Crippen molar-refractivity contribution < 1.29 is 9.90 Å². The number of likely N-dealkylation sites (tertiary alicyclic amines) is 1. The highest BCUT2D eigenvalue weighted by Gasteiger charge is 2.56. The van der Waals surface area contributed by atoms with E-state index in [1.807, 2.05) is 42.3 Å². The lowest BCUT2D eigenvalue weighted by molar-refractivity contribution is -0.158. The number of piperidine rings is 1. The summed E-state index contributed by atoms with van der Waals surface area (Å²) in [7, 11) is 1.89. The summed E-state index contributed by atoms with van der Waals surface area (Å²) in [6.07, 6.45) is 4.05. The first-order chi connectivity index (χ1) is 15.1. The van der Waals surface area contributed by atoms with Gasteiger partial charge in [-0.25, -0.2) is 0 Å². The van der Waals surface area contributed by atoms with Crippen LogP contribution < -0.4 is 0 Å². The van der Waals surface area contributed by atoms with Gasteiger partial charge in [0.1, 0.15) is 0 Å². The summed E-state index contributed by atoms with van der Waals surface area (Å²) in [4.78, 5) is 18.0. The van der Waals surface area contributed by atoms with E-state index >= 15 is 0 Å². The smallest absolute Gasteiger partial charge is 0.259 e. The van der Waals surface area contributed by atoms with Crippen molar-refractivity contribution in [3.05, 3.63) is 71.8 Å². The molecule has 5 rings (SSSR count). The van der Waals surface area contributed by atoms with Gasteiger partial charge >= 0.3 is 0 Å². The van der Waals surface area contributed by atoms with E-state index < -0.39 is 5.60 Å². The standard InChI is InChI=1S/C27H34N2O2/c1-28(17-23-24-18-29(19-25(23)24)16-20-10-4-2-5-11-20)26(30)27(31,22-14-8-9-15-22)21-12-6-3-7-13-21/h2-7,10-13,22-25,31H,8-9,14-19H2,1H3/t23?,24-,25?,27+/m1/s1. The van der Waals surface area contributed by atoms with Gasteiger partial charge in [-0.2, -0.15) is 0 Å². The van der Waals surface area contributed by atoms with Crippen LogP contribution >= 0.6 is 0 Å². The third-order valence-corrected chi connectivity index (χ3v) is 8.01. The van der Waals surface area contributed by atoms with Crippen molar-refractivity contribution in [2.45, 2.75) is 37.8 Å². The minimum absolute atomic E-state index is 0.0184. The van der Waals surface area contributed by atoms with E-state index in [-0.39, 0.29) is 11.8 Å². The molecule has 0 bridgehead atoms. The number of rotatable bonds is 7. The Bertz CT molecular complexity index is 884. The molecule has 4 atom stereocenters. The predicted octanol–water partition coefficient (Wildman–Crippen LogP) is 3.90. The molecule has 2 saturated carbocycles. The van der Waals surface area contributed by atoms with Crippen LogP contribution in [0.1, 0.15) is 36.8 Å². The lowest BCUT2D eigenvalue weighted by atomic mass is 9.79. The number of aliphatic hydroxyl groups is 1. The molecule has 1 N–H and O–H groups in total. The number of carbonyl (C=O) groups is 1. The largest absolute Gasteiger partial charge is 0.375 e. The molecule has 164 valence electrons. The van der Waals surface area contributed by atoms with Gasteiger partial charge in [0.25, 0.3) is 5.91 Å². The van der Waals surface area contributed by atoms with Crippen molar-refractivity contribution in [1.29, 1.82) is 0 Å². The number of amides is 1. The van der Waals surface area contributed by atoms with Crippen LogP contribution in [0.2, 0.25) is 0 Å². The molecule has 0 spiro atoms. The van der Waals surface area contributed by atoms with Gasteiger partial charge in [-0.1, -0.05) is 73.5 Å². The van der Waals surface area contributed by atoms with Crippen molar-refractivity contribution >= 4 is 5.91 Å². The van der Waals surface area contributed by atoms with Crippen LogP contribution in [0.25, 0.3) is 0 Å². The molecule has 3 fully saturated rings. The van der Waals surface area contributed by atoms with Gasteiger partial charge in [0.2, 0.25) is 0 Å². The average Bonchev–Trinajstić information content (AvgIpc) is 3.21. The number of hydrogen-bond donors (Lipinski definition) is 1. The van der Waals surface area contributed by atoms with Crippen LogP contribution in [0, 0.1) is 23.7 Å². The SMILES string of the molecule is CN(CC1C2CN(Cc3ccccc3)C[C@@H]21)C(=O)[C@](O)(c1ccccc1)C1CCCC1. The summed E-state index contributed by atoms with van der Waals surface area (Å²) in [5, 5.41) is 11.8. The Labute approximate surface area is 185 Å². The maximum absolute atomic E-state index is 13.6. The summed E-state index contributed by atoms with van der Waals surface area (Å²) < 4.78 is 0. The lowest BCUT2D eigenvalue weighted by Crippen LogP contribution is -2.50. The second-order valence-corrected chi connectivity index (χ2v) is 9.97. The fourth-order valence-corrected chi connectivity index (χ4v) is 6.24. The molecule has 4 heteroatoms. The average molecular weight is 419 g/mol. The Balaban J connectivity index is 1.22. The molecule has 2 aliphatic carbocycles. The third kappa shape index (κ3) is 3.92. The van der Waals surface area contributed by atoms with Crippen molar-refractivity contribution in [2.75, 3.05) is 26.7 Å². The Morgan fingerprint density at radius 3 is 2.19 bits per heavy atom. The zero-order valence-corrected chi connectivity index (χ0v) is 18.5. The second kappa shape index (κ2) is 8.40. The molecule has 2 unspecified atom stereocenters. The van der Waals surface area contributed by atoms with Crippen LogP contribution in [0.3, 0.4) is 0 Å². The molecular weight excluding hydrogens is 384 g/mol. The predicted molar refractivity (Wildman–Crippen MR) is 122 cm³/mol. The van der Waals surface area contributed by atoms with Gasteiger partial charge in [0.05, 0.1) is 0 Å². The summed E-state index contributed by atoms with van der Waals surface area (Å²) in [6, 6.07) is 20.3. The number of carbonyl (C=O) groups excluding carboxylic acids is 1. The molecule has 1 heterocycles. The van der Waals surface area contributed by atoms with E-state index in [0.717, 1.165) is 57.4 Å². The number of fused-ring (bicyclic) bond motifs is 1. The number of hydrogen-bond acceptors (Lipinski definition) is 3. The van der Waals surface area contributed by atoms with Crippen LogP contribution in [0.5, 0.6) is 0 Å². The molecular formula is C27H34N2O2. The van der Waals surface area contributed by atoms with Crippen LogP contribution in [0.4, 0.5) is 0 Å². The van der Waals surface area contributed by atoms with Crippen molar-refractivity contribution in [3.63, 3.8) is 0 Å². The van der Waals surface area contributed by atoms with Crippen molar-refractivity contribution in [2.24, 2.45) is 23.7 Å². The third-order valence-electron chi connectivity index (χ3n) is 8.01. The van der Waals surface area contributed by atoms with E-state index in [0.29, 0.717) is 17.8 Å². The zero-order chi connectivity index (χ0) is 21.4. The molecule has 31 heavy (non-hydrogen) atoms.